The van der Waals surface area contributed by atoms with Crippen molar-refractivity contribution in [3.05, 3.63) is 11.6 Å². The minimum absolute atomic E-state index is 0.735. The molecule has 0 saturated heterocycles. The number of hydrogen-bond acceptors (Lipinski definition) is 3. The van der Waals surface area contributed by atoms with Crippen LogP contribution in [0.5, 0.6) is 0 Å². The van der Waals surface area contributed by atoms with Crippen molar-refractivity contribution in [1.29, 1.82) is 0 Å². The van der Waals surface area contributed by atoms with E-state index in [0.29, 0.717) is 0 Å². The van der Waals surface area contributed by atoms with Gasteiger partial charge in [0.2, 0.25) is 9.26 Å². The van der Waals surface area contributed by atoms with Gasteiger partial charge in [0.05, 0.1) is 5.55 Å². The van der Waals surface area contributed by atoms with Gasteiger partial charge in [0.15, 0.2) is 0 Å². The Morgan fingerprint density at radius 1 is 1.50 bits per heavy atom. The van der Waals surface area contributed by atoms with E-state index in [1.165, 1.54) is 11.7 Å². The average molecular weight is 149 g/mol. The fourth-order valence-corrected chi connectivity index (χ4v) is 1.70. The standard InChI is InChI=1S/C3H3NO2S2/c5-8(6)7-2-1-4-3-7/h1-3H. The highest BCUT2D eigenvalue weighted by molar-refractivity contribution is 8.42. The molecule has 0 spiro atoms. The first-order valence-corrected chi connectivity index (χ1v) is 4.76. The topological polar surface area (TPSA) is 46.5 Å². The van der Waals surface area contributed by atoms with Gasteiger partial charge in [-0.15, -0.1) is 0 Å². The highest BCUT2D eigenvalue weighted by Gasteiger charge is 1.90. The molecule has 1 heterocycles. The maximum absolute atomic E-state index is 10.1. The van der Waals surface area contributed by atoms with Gasteiger partial charge < -0.3 is 0 Å². The molecule has 1 unspecified atom stereocenters. The van der Waals surface area contributed by atoms with Crippen molar-refractivity contribution in [2.24, 2.45) is 4.99 Å². The number of aliphatic imine (C=N–C) groups is 1. The molecular formula is C3H3NO2S2. The summed E-state index contributed by atoms with van der Waals surface area (Å²) in [4.78, 5) is 3.60. The molecule has 0 amide bonds. The summed E-state index contributed by atoms with van der Waals surface area (Å²) in [6, 6.07) is 0. The lowest BCUT2D eigenvalue weighted by Crippen LogP contribution is -1.78. The molecule has 1 aliphatic heterocycles. The fraction of sp³-hybridized carbons (Fsp3) is 0. The van der Waals surface area contributed by atoms with E-state index in [9.17, 15) is 8.42 Å². The summed E-state index contributed by atoms with van der Waals surface area (Å²) < 4.78 is 20.1. The highest BCUT2D eigenvalue weighted by Crippen LogP contribution is 1.91. The average Bonchev–Trinajstić information content (AvgIpc) is 2.12. The van der Waals surface area contributed by atoms with Crippen LogP contribution in [-0.4, -0.2) is 14.0 Å². The Labute approximate surface area is 49.9 Å². The Kier molecular flexibility index (Phi) is 1.59. The van der Waals surface area contributed by atoms with E-state index < -0.39 is 18.7 Å². The SMILES string of the molecule is O=S(=O)=S1C=CN=C1. The van der Waals surface area contributed by atoms with E-state index in [0.717, 1.165) is 0 Å². The van der Waals surface area contributed by atoms with Crippen molar-refractivity contribution >= 4 is 24.3 Å². The second-order valence-electron chi connectivity index (χ2n) is 1.07. The first kappa shape index (κ1) is 5.71. The number of nitrogens with zero attached hydrogens (tertiary/aromatic N) is 1. The largest absolute Gasteiger partial charge is 0.257 e. The number of rotatable bonds is 0. The second-order valence-corrected chi connectivity index (χ2v) is 4.59. The van der Waals surface area contributed by atoms with Gasteiger partial charge in [0.25, 0.3) is 0 Å². The van der Waals surface area contributed by atoms with Gasteiger partial charge in [-0.1, -0.05) is 0 Å². The maximum Gasteiger partial charge on any atom is 0.250 e. The molecule has 0 aliphatic carbocycles. The minimum Gasteiger partial charge on any atom is -0.257 e. The molecule has 0 bridgehead atoms. The smallest absolute Gasteiger partial charge is 0.250 e. The van der Waals surface area contributed by atoms with Gasteiger partial charge in [0, 0.05) is 21.1 Å². The fourth-order valence-electron chi connectivity index (χ4n) is 0.306. The molecular weight excluding hydrogens is 146 g/mol. The van der Waals surface area contributed by atoms with Crippen molar-refractivity contribution in [1.82, 2.24) is 0 Å². The molecule has 0 aromatic rings. The molecule has 1 rings (SSSR count). The minimum atomic E-state index is -2.00. The van der Waals surface area contributed by atoms with E-state index >= 15 is 0 Å². The molecule has 0 saturated carbocycles. The van der Waals surface area contributed by atoms with Crippen LogP contribution in [0.2, 0.25) is 0 Å². The predicted octanol–water partition coefficient (Wildman–Crippen LogP) is -0.0881. The zero-order chi connectivity index (χ0) is 5.98. The van der Waals surface area contributed by atoms with Crippen LogP contribution in [0, 0.1) is 0 Å². The lowest BCUT2D eigenvalue weighted by molar-refractivity contribution is 0.628. The first-order valence-electron chi connectivity index (χ1n) is 1.82. The maximum atomic E-state index is 10.1. The van der Waals surface area contributed by atoms with Gasteiger partial charge >= 0.3 is 0 Å². The lowest BCUT2D eigenvalue weighted by Gasteiger charge is -1.69. The molecule has 0 radical (unpaired) electrons. The van der Waals surface area contributed by atoms with E-state index in [1.54, 1.807) is 5.41 Å². The lowest BCUT2D eigenvalue weighted by atomic mass is 11.1. The van der Waals surface area contributed by atoms with Crippen LogP contribution >= 0.6 is 0 Å². The summed E-state index contributed by atoms with van der Waals surface area (Å²) in [5.41, 5.74) is 1.41. The molecule has 5 heteroatoms. The number of hydrogen-bond donors (Lipinski definition) is 0. The van der Waals surface area contributed by atoms with Crippen LogP contribution in [0.1, 0.15) is 0 Å². The van der Waals surface area contributed by atoms with Gasteiger partial charge in [-0.25, -0.2) is 0 Å². The van der Waals surface area contributed by atoms with Crippen molar-refractivity contribution in [3.8, 4) is 0 Å². The normalized spacial score (nSPS) is 24.2. The monoisotopic (exact) mass is 149 g/mol. The predicted molar refractivity (Wildman–Crippen MR) is 33.9 cm³/mol. The van der Waals surface area contributed by atoms with E-state index in [-0.39, 0.29) is 0 Å². The summed E-state index contributed by atoms with van der Waals surface area (Å²) in [6.45, 7) is 0. The highest BCUT2D eigenvalue weighted by atomic mass is 32.9. The van der Waals surface area contributed by atoms with Crippen molar-refractivity contribution < 1.29 is 8.42 Å². The molecule has 0 aromatic carbocycles. The third kappa shape index (κ3) is 1.05. The van der Waals surface area contributed by atoms with Crippen molar-refractivity contribution in [2.75, 3.05) is 0 Å². The third-order valence-corrected chi connectivity index (χ3v) is 3.17. The Balaban J connectivity index is 3.29. The summed E-state index contributed by atoms with van der Waals surface area (Å²) in [6.07, 6.45) is 1.49. The zero-order valence-corrected chi connectivity index (χ0v) is 5.45. The van der Waals surface area contributed by atoms with Gasteiger partial charge in [-0.3, -0.25) is 4.99 Å². The molecule has 3 nitrogen and oxygen atoms in total. The van der Waals surface area contributed by atoms with Crippen molar-refractivity contribution in [3.63, 3.8) is 0 Å². The van der Waals surface area contributed by atoms with Gasteiger partial charge in [0.1, 0.15) is 0 Å². The van der Waals surface area contributed by atoms with Crippen LogP contribution in [0.25, 0.3) is 0 Å². The Morgan fingerprint density at radius 3 is 2.50 bits per heavy atom. The van der Waals surface area contributed by atoms with Gasteiger partial charge in [-0.2, -0.15) is 8.42 Å². The van der Waals surface area contributed by atoms with E-state index in [2.05, 4.69) is 4.99 Å². The molecule has 8 heavy (non-hydrogen) atoms. The summed E-state index contributed by atoms with van der Waals surface area (Å²) >= 11 is 0. The van der Waals surface area contributed by atoms with Crippen LogP contribution in [0.3, 0.4) is 0 Å². The molecule has 0 fully saturated rings. The van der Waals surface area contributed by atoms with Crippen LogP contribution in [-0.2, 0) is 18.7 Å². The summed E-state index contributed by atoms with van der Waals surface area (Å²) in [5, 5.41) is 1.54. The van der Waals surface area contributed by atoms with E-state index in [4.69, 9.17) is 0 Å². The molecule has 0 N–H and O–H groups in total. The van der Waals surface area contributed by atoms with Crippen LogP contribution in [0.15, 0.2) is 16.6 Å². The molecule has 1 aliphatic rings. The zero-order valence-electron chi connectivity index (χ0n) is 3.81. The second kappa shape index (κ2) is 2.23. The molecule has 0 aromatic heterocycles. The summed E-state index contributed by atoms with van der Waals surface area (Å²) in [5.74, 6) is 0. The van der Waals surface area contributed by atoms with Crippen LogP contribution in [0.4, 0.5) is 0 Å². The quantitative estimate of drug-likeness (QED) is 0.483. The first-order chi connectivity index (χ1) is 3.80. The molecule has 1 atom stereocenters. The van der Waals surface area contributed by atoms with Crippen LogP contribution < -0.4 is 0 Å². The Bertz CT molecular complexity index is 250. The molecule has 44 valence electrons. The third-order valence-electron chi connectivity index (χ3n) is 0.603. The Hall–Kier alpha value is -0.420. The summed E-state index contributed by atoms with van der Waals surface area (Å²) in [7, 11) is -2.73. The van der Waals surface area contributed by atoms with Gasteiger partial charge in [-0.05, 0) is 0 Å². The van der Waals surface area contributed by atoms with Crippen molar-refractivity contribution in [2.45, 2.75) is 0 Å². The Morgan fingerprint density at radius 2 is 2.25 bits per heavy atom. The van der Waals surface area contributed by atoms with E-state index in [1.807, 2.05) is 0 Å².